The van der Waals surface area contributed by atoms with E-state index in [1.807, 2.05) is 31.2 Å². The predicted octanol–water partition coefficient (Wildman–Crippen LogP) is 2.00. The molecule has 104 valence electrons. The predicted molar refractivity (Wildman–Crippen MR) is 74.9 cm³/mol. The van der Waals surface area contributed by atoms with E-state index in [2.05, 4.69) is 5.32 Å². The maximum absolute atomic E-state index is 11.9. The van der Waals surface area contributed by atoms with E-state index in [9.17, 15) is 4.79 Å². The van der Waals surface area contributed by atoms with Crippen molar-refractivity contribution < 1.29 is 9.53 Å². The van der Waals surface area contributed by atoms with Gasteiger partial charge in [0.15, 0.2) is 0 Å². The van der Waals surface area contributed by atoms with Crippen LogP contribution in [0.5, 0.6) is 5.75 Å². The summed E-state index contributed by atoms with van der Waals surface area (Å²) in [7, 11) is 1.64. The molecule has 4 nitrogen and oxygen atoms in total. The van der Waals surface area contributed by atoms with Crippen LogP contribution in [0.3, 0.4) is 0 Å². The number of nitrogens with two attached hydrogens (primary N) is 1. The number of carbonyl (C=O) groups is 1. The SMILES string of the molecule is COc1cccc([C@H](C)NC(=O)CC(N)C2CC2)c1. The second-order valence-electron chi connectivity index (χ2n) is 5.27. The van der Waals surface area contributed by atoms with E-state index < -0.39 is 0 Å². The number of ether oxygens (including phenoxy) is 1. The van der Waals surface area contributed by atoms with Gasteiger partial charge in [-0.25, -0.2) is 0 Å². The Hall–Kier alpha value is -1.55. The second-order valence-corrected chi connectivity index (χ2v) is 5.27. The monoisotopic (exact) mass is 262 g/mol. The quantitative estimate of drug-likeness (QED) is 0.824. The zero-order valence-electron chi connectivity index (χ0n) is 11.6. The van der Waals surface area contributed by atoms with Crippen LogP contribution < -0.4 is 15.8 Å². The average Bonchev–Trinajstić information content (AvgIpc) is 3.22. The Bertz CT molecular complexity index is 444. The molecule has 2 atom stereocenters. The van der Waals surface area contributed by atoms with Crippen LogP contribution in [0.1, 0.15) is 37.8 Å². The van der Waals surface area contributed by atoms with Gasteiger partial charge in [0.1, 0.15) is 5.75 Å². The van der Waals surface area contributed by atoms with E-state index in [1.165, 1.54) is 12.8 Å². The lowest BCUT2D eigenvalue weighted by atomic mass is 10.1. The fraction of sp³-hybridized carbons (Fsp3) is 0.533. The molecule has 1 amide bonds. The maximum atomic E-state index is 11.9. The van der Waals surface area contributed by atoms with Crippen LogP contribution >= 0.6 is 0 Å². The third kappa shape index (κ3) is 3.96. The summed E-state index contributed by atoms with van der Waals surface area (Å²) in [5, 5.41) is 2.99. The third-order valence-electron chi connectivity index (χ3n) is 3.62. The van der Waals surface area contributed by atoms with Gasteiger partial charge in [0.2, 0.25) is 5.91 Å². The van der Waals surface area contributed by atoms with E-state index in [0.29, 0.717) is 12.3 Å². The molecule has 4 heteroatoms. The fourth-order valence-corrected chi connectivity index (χ4v) is 2.20. The van der Waals surface area contributed by atoms with Crippen molar-refractivity contribution in [3.8, 4) is 5.75 Å². The molecule has 1 fully saturated rings. The fourth-order valence-electron chi connectivity index (χ4n) is 2.20. The molecule has 0 spiro atoms. The van der Waals surface area contributed by atoms with Gasteiger partial charge in [0, 0.05) is 12.5 Å². The molecule has 0 aliphatic heterocycles. The van der Waals surface area contributed by atoms with Gasteiger partial charge >= 0.3 is 0 Å². The van der Waals surface area contributed by atoms with Crippen molar-refractivity contribution in [3.05, 3.63) is 29.8 Å². The van der Waals surface area contributed by atoms with E-state index >= 15 is 0 Å². The number of hydrogen-bond donors (Lipinski definition) is 2. The van der Waals surface area contributed by atoms with Crippen LogP contribution in [0.25, 0.3) is 0 Å². The van der Waals surface area contributed by atoms with Crippen molar-refractivity contribution in [2.24, 2.45) is 11.7 Å². The van der Waals surface area contributed by atoms with Gasteiger partial charge in [-0.1, -0.05) is 12.1 Å². The first-order chi connectivity index (χ1) is 9.10. The lowest BCUT2D eigenvalue weighted by Crippen LogP contribution is -2.34. The number of rotatable bonds is 6. The molecule has 3 N–H and O–H groups in total. The van der Waals surface area contributed by atoms with Gasteiger partial charge in [-0.3, -0.25) is 4.79 Å². The minimum atomic E-state index is -0.0333. The Balaban J connectivity index is 1.88. The van der Waals surface area contributed by atoms with Crippen LogP contribution in [-0.4, -0.2) is 19.1 Å². The first-order valence-electron chi connectivity index (χ1n) is 6.79. The van der Waals surface area contributed by atoms with Gasteiger partial charge in [-0.05, 0) is 43.4 Å². The highest BCUT2D eigenvalue weighted by molar-refractivity contribution is 5.77. The van der Waals surface area contributed by atoms with Crippen LogP contribution in [0, 0.1) is 5.92 Å². The zero-order valence-corrected chi connectivity index (χ0v) is 11.6. The maximum Gasteiger partial charge on any atom is 0.222 e. The normalized spacial score (nSPS) is 17.6. The van der Waals surface area contributed by atoms with E-state index in [-0.39, 0.29) is 18.0 Å². The Morgan fingerprint density at radius 1 is 1.53 bits per heavy atom. The van der Waals surface area contributed by atoms with Gasteiger partial charge in [-0.2, -0.15) is 0 Å². The highest BCUT2D eigenvalue weighted by Gasteiger charge is 2.30. The third-order valence-corrected chi connectivity index (χ3v) is 3.62. The van der Waals surface area contributed by atoms with Crippen molar-refractivity contribution >= 4 is 5.91 Å². The van der Waals surface area contributed by atoms with Crippen molar-refractivity contribution in [2.75, 3.05) is 7.11 Å². The second kappa shape index (κ2) is 6.06. The van der Waals surface area contributed by atoms with E-state index in [0.717, 1.165) is 11.3 Å². The molecular weight excluding hydrogens is 240 g/mol. The highest BCUT2D eigenvalue weighted by Crippen LogP contribution is 2.32. The number of hydrogen-bond acceptors (Lipinski definition) is 3. The molecule has 0 saturated heterocycles. The number of methoxy groups -OCH3 is 1. The summed E-state index contributed by atoms with van der Waals surface area (Å²) in [4.78, 5) is 11.9. The van der Waals surface area contributed by atoms with Crippen molar-refractivity contribution in [1.29, 1.82) is 0 Å². The summed E-state index contributed by atoms with van der Waals surface area (Å²) in [6, 6.07) is 7.71. The average molecular weight is 262 g/mol. The number of carbonyl (C=O) groups excluding carboxylic acids is 1. The van der Waals surface area contributed by atoms with Crippen LogP contribution in [-0.2, 0) is 4.79 Å². The Morgan fingerprint density at radius 3 is 2.89 bits per heavy atom. The summed E-state index contributed by atoms with van der Waals surface area (Å²) in [6.07, 6.45) is 2.75. The smallest absolute Gasteiger partial charge is 0.222 e. The molecule has 19 heavy (non-hydrogen) atoms. The standard InChI is InChI=1S/C15H22N2O2/c1-10(12-4-3-5-13(8-12)19-2)17-15(18)9-14(16)11-6-7-11/h3-5,8,10-11,14H,6-7,9,16H2,1-2H3,(H,17,18)/t10-,14?/m0/s1. The summed E-state index contributed by atoms with van der Waals surface area (Å²) < 4.78 is 5.18. The lowest BCUT2D eigenvalue weighted by molar-refractivity contribution is -0.122. The van der Waals surface area contributed by atoms with Crippen molar-refractivity contribution in [2.45, 2.75) is 38.3 Å². The van der Waals surface area contributed by atoms with E-state index in [4.69, 9.17) is 10.5 Å². The topological polar surface area (TPSA) is 64.3 Å². The van der Waals surface area contributed by atoms with E-state index in [1.54, 1.807) is 7.11 Å². The Morgan fingerprint density at radius 2 is 2.26 bits per heavy atom. The summed E-state index contributed by atoms with van der Waals surface area (Å²) in [5.41, 5.74) is 6.99. The molecular formula is C15H22N2O2. The van der Waals surface area contributed by atoms with Crippen LogP contribution in [0.2, 0.25) is 0 Å². The molecule has 0 bridgehead atoms. The minimum Gasteiger partial charge on any atom is -0.497 e. The summed E-state index contributed by atoms with van der Waals surface area (Å²) >= 11 is 0. The number of nitrogens with one attached hydrogen (secondary N) is 1. The minimum absolute atomic E-state index is 0.0116. The molecule has 1 unspecified atom stereocenters. The van der Waals surface area contributed by atoms with Crippen LogP contribution in [0.4, 0.5) is 0 Å². The molecule has 1 aromatic rings. The zero-order chi connectivity index (χ0) is 13.8. The Labute approximate surface area is 114 Å². The summed E-state index contributed by atoms with van der Waals surface area (Å²) in [5.74, 6) is 1.38. The largest absolute Gasteiger partial charge is 0.497 e. The van der Waals surface area contributed by atoms with Crippen LogP contribution in [0.15, 0.2) is 24.3 Å². The van der Waals surface area contributed by atoms with Crippen molar-refractivity contribution in [1.82, 2.24) is 5.32 Å². The molecule has 0 radical (unpaired) electrons. The van der Waals surface area contributed by atoms with Crippen molar-refractivity contribution in [3.63, 3.8) is 0 Å². The highest BCUT2D eigenvalue weighted by atomic mass is 16.5. The van der Waals surface area contributed by atoms with Gasteiger partial charge in [-0.15, -0.1) is 0 Å². The molecule has 1 aliphatic carbocycles. The first kappa shape index (κ1) is 13.9. The summed E-state index contributed by atoms with van der Waals surface area (Å²) in [6.45, 7) is 1.97. The number of amides is 1. The molecule has 1 aliphatic rings. The molecule has 1 saturated carbocycles. The molecule has 1 aromatic carbocycles. The number of benzene rings is 1. The lowest BCUT2D eigenvalue weighted by Gasteiger charge is -2.17. The molecule has 2 rings (SSSR count). The van der Waals surface area contributed by atoms with Gasteiger partial charge < -0.3 is 15.8 Å². The van der Waals surface area contributed by atoms with Gasteiger partial charge in [0.25, 0.3) is 0 Å². The first-order valence-corrected chi connectivity index (χ1v) is 6.79. The Kier molecular flexibility index (Phi) is 4.43. The molecule has 0 aromatic heterocycles. The molecule has 0 heterocycles. The van der Waals surface area contributed by atoms with Gasteiger partial charge in [0.05, 0.1) is 13.2 Å².